The van der Waals surface area contributed by atoms with E-state index in [0.717, 1.165) is 35.6 Å². The molecule has 2 fully saturated rings. The van der Waals surface area contributed by atoms with Crippen LogP contribution in [0.3, 0.4) is 0 Å². The van der Waals surface area contributed by atoms with Crippen molar-refractivity contribution in [3.05, 3.63) is 34.6 Å². The minimum absolute atomic E-state index is 0. The first-order valence-corrected chi connectivity index (χ1v) is 11.7. The average Bonchev–Trinajstić information content (AvgIpc) is 3.57. The highest BCUT2D eigenvalue weighted by molar-refractivity contribution is 7.91. The zero-order valence-corrected chi connectivity index (χ0v) is 17.0. The van der Waals surface area contributed by atoms with Crippen LogP contribution >= 0.6 is 22.9 Å². The maximum atomic E-state index is 11.6. The van der Waals surface area contributed by atoms with Gasteiger partial charge in [0.15, 0.2) is 17.5 Å². The largest absolute Gasteiger partial charge is 0.322 e. The van der Waals surface area contributed by atoms with Crippen LogP contribution in [0.4, 0.5) is 11.6 Å². The van der Waals surface area contributed by atoms with Crippen molar-refractivity contribution in [2.45, 2.75) is 41.7 Å². The standard InChI is InChI=1S/C17H17ClN6O2S2.4H2/c18-14-15(9-3-4-9)21-16(11-5-6-13(27-11)28(19,25)26)22-17(14)20-12-7-10(23-24-12)8-1-2-8;;;;/h5-9H,1-4H2,(H2,19,25,26)(H2,20,21,22,23,24);4*1H. The summed E-state index contributed by atoms with van der Waals surface area (Å²) in [6.07, 6.45) is 4.40. The number of hydrogen-bond acceptors (Lipinski definition) is 7. The molecule has 5 rings (SSSR count). The van der Waals surface area contributed by atoms with Crippen LogP contribution in [0, 0.1) is 0 Å². The smallest absolute Gasteiger partial charge is 0.247 e. The summed E-state index contributed by atoms with van der Waals surface area (Å²) >= 11 is 7.61. The number of hydrogen-bond donors (Lipinski definition) is 3. The van der Waals surface area contributed by atoms with Gasteiger partial charge in [-0.3, -0.25) is 5.10 Å². The lowest BCUT2D eigenvalue weighted by atomic mass is 10.2. The number of nitrogens with zero attached hydrogens (tertiary/aromatic N) is 3. The van der Waals surface area contributed by atoms with E-state index in [9.17, 15) is 8.42 Å². The number of rotatable bonds is 6. The Morgan fingerprint density at radius 2 is 1.96 bits per heavy atom. The van der Waals surface area contributed by atoms with Gasteiger partial charge in [0.1, 0.15) is 9.23 Å². The second-order valence-corrected chi connectivity index (χ2v) is 10.4. The topological polar surface area (TPSA) is 127 Å². The van der Waals surface area contributed by atoms with Crippen molar-refractivity contribution >= 4 is 44.6 Å². The molecule has 0 bridgehead atoms. The second kappa shape index (κ2) is 6.51. The summed E-state index contributed by atoms with van der Waals surface area (Å²) in [5.41, 5.74) is 1.88. The Hall–Kier alpha value is -2.01. The molecule has 0 amide bonds. The summed E-state index contributed by atoms with van der Waals surface area (Å²) in [6, 6.07) is 5.09. The van der Waals surface area contributed by atoms with Crippen molar-refractivity contribution in [1.29, 1.82) is 0 Å². The van der Waals surface area contributed by atoms with Crippen LogP contribution in [0.15, 0.2) is 22.4 Å². The van der Waals surface area contributed by atoms with Crippen molar-refractivity contribution in [2.75, 3.05) is 5.32 Å². The molecule has 0 spiro atoms. The predicted octanol–water partition coefficient (Wildman–Crippen LogP) is 4.71. The van der Waals surface area contributed by atoms with Gasteiger partial charge in [0.05, 0.1) is 10.6 Å². The Bertz CT molecular complexity index is 1180. The van der Waals surface area contributed by atoms with E-state index in [-0.39, 0.29) is 9.92 Å². The minimum atomic E-state index is -3.76. The minimum Gasteiger partial charge on any atom is -0.322 e. The molecule has 0 atom stereocenters. The molecule has 0 aliphatic heterocycles. The number of nitrogens with one attached hydrogen (secondary N) is 2. The number of thiophene rings is 1. The van der Waals surface area contributed by atoms with E-state index < -0.39 is 10.0 Å². The quantitative estimate of drug-likeness (QED) is 0.505. The van der Waals surface area contributed by atoms with Gasteiger partial charge in [-0.2, -0.15) is 5.10 Å². The van der Waals surface area contributed by atoms with Crippen LogP contribution in [-0.4, -0.2) is 28.6 Å². The van der Waals surface area contributed by atoms with Crippen molar-refractivity contribution in [2.24, 2.45) is 5.14 Å². The first-order valence-electron chi connectivity index (χ1n) is 8.91. The molecule has 28 heavy (non-hydrogen) atoms. The molecule has 0 aromatic carbocycles. The van der Waals surface area contributed by atoms with Crippen molar-refractivity contribution < 1.29 is 14.1 Å². The number of aromatic nitrogens is 4. The molecule has 8 nitrogen and oxygen atoms in total. The fraction of sp³-hybridized carbons (Fsp3) is 0.353. The van der Waals surface area contributed by atoms with Gasteiger partial charge in [0.2, 0.25) is 10.0 Å². The molecule has 2 saturated carbocycles. The van der Waals surface area contributed by atoms with Crippen LogP contribution in [0.1, 0.15) is 54.6 Å². The first-order chi connectivity index (χ1) is 13.4. The maximum Gasteiger partial charge on any atom is 0.247 e. The Morgan fingerprint density at radius 3 is 2.61 bits per heavy atom. The predicted molar refractivity (Wildman–Crippen MR) is 116 cm³/mol. The van der Waals surface area contributed by atoms with Gasteiger partial charge < -0.3 is 5.32 Å². The Kier molecular flexibility index (Phi) is 4.20. The Balaban J connectivity index is 0.00000128. The molecule has 11 heteroatoms. The summed E-state index contributed by atoms with van der Waals surface area (Å²) in [6.45, 7) is 0. The number of H-pyrrole nitrogens is 1. The van der Waals surface area contributed by atoms with E-state index in [2.05, 4.69) is 25.5 Å². The Labute approximate surface area is 176 Å². The van der Waals surface area contributed by atoms with Crippen LogP contribution in [-0.2, 0) is 10.0 Å². The van der Waals surface area contributed by atoms with Crippen LogP contribution < -0.4 is 10.5 Å². The summed E-state index contributed by atoms with van der Waals surface area (Å²) in [5.74, 6) is 2.39. The van der Waals surface area contributed by atoms with E-state index in [4.69, 9.17) is 16.7 Å². The van der Waals surface area contributed by atoms with E-state index >= 15 is 0 Å². The summed E-state index contributed by atoms with van der Waals surface area (Å²) in [5, 5.41) is 16.2. The lowest BCUT2D eigenvalue weighted by Crippen LogP contribution is -2.09. The first kappa shape index (κ1) is 18.0. The van der Waals surface area contributed by atoms with E-state index in [1.54, 1.807) is 6.07 Å². The fourth-order valence-corrected chi connectivity index (χ4v) is 4.95. The lowest BCUT2D eigenvalue weighted by molar-refractivity contribution is 0.600. The normalized spacial score (nSPS) is 17.1. The molecular weight excluding hydrogens is 420 g/mol. The highest BCUT2D eigenvalue weighted by Gasteiger charge is 2.31. The number of sulfonamides is 1. The van der Waals surface area contributed by atoms with E-state index in [1.807, 2.05) is 6.07 Å². The molecule has 4 N–H and O–H groups in total. The van der Waals surface area contributed by atoms with Crippen molar-refractivity contribution in [3.8, 4) is 10.7 Å². The van der Waals surface area contributed by atoms with Crippen LogP contribution in [0.2, 0.25) is 5.02 Å². The SMILES string of the molecule is NS(=O)(=O)c1ccc(-c2nc(Nc3cc(C4CC4)[nH]n3)c(Cl)c(C3CC3)n2)s1.[HH].[HH].[HH].[HH]. The molecule has 154 valence electrons. The van der Waals surface area contributed by atoms with Gasteiger partial charge in [-0.1, -0.05) is 11.6 Å². The Morgan fingerprint density at radius 1 is 1.21 bits per heavy atom. The molecule has 0 saturated heterocycles. The molecule has 3 aromatic heterocycles. The summed E-state index contributed by atoms with van der Waals surface area (Å²) in [4.78, 5) is 9.77. The van der Waals surface area contributed by atoms with Gasteiger partial charge in [-0.05, 0) is 37.8 Å². The van der Waals surface area contributed by atoms with Gasteiger partial charge in [-0.15, -0.1) is 11.3 Å². The van der Waals surface area contributed by atoms with Crippen molar-refractivity contribution in [3.63, 3.8) is 0 Å². The number of primary sulfonamides is 1. The molecule has 3 aromatic rings. The molecule has 0 radical (unpaired) electrons. The monoisotopic (exact) mass is 444 g/mol. The third-order valence-corrected chi connectivity index (χ3v) is 7.68. The van der Waals surface area contributed by atoms with E-state index in [1.165, 1.54) is 18.9 Å². The van der Waals surface area contributed by atoms with Gasteiger partial charge in [-0.25, -0.2) is 23.5 Å². The van der Waals surface area contributed by atoms with E-state index in [0.29, 0.717) is 39.2 Å². The zero-order valence-electron chi connectivity index (χ0n) is 14.6. The highest BCUT2D eigenvalue weighted by atomic mass is 35.5. The molecule has 2 aliphatic rings. The molecule has 2 aliphatic carbocycles. The average molecular weight is 445 g/mol. The van der Waals surface area contributed by atoms with Crippen LogP contribution in [0.5, 0.6) is 0 Å². The second-order valence-electron chi connectivity index (χ2n) is 7.14. The van der Waals surface area contributed by atoms with Gasteiger partial charge in [0.25, 0.3) is 0 Å². The molecule has 3 heterocycles. The van der Waals surface area contributed by atoms with Gasteiger partial charge >= 0.3 is 0 Å². The lowest BCUT2D eigenvalue weighted by Gasteiger charge is -2.10. The number of anilines is 2. The van der Waals surface area contributed by atoms with Gasteiger partial charge in [0, 0.05) is 29.3 Å². The molecule has 0 unspecified atom stereocenters. The zero-order chi connectivity index (χ0) is 19.5. The summed E-state index contributed by atoms with van der Waals surface area (Å²) in [7, 11) is -3.76. The summed E-state index contributed by atoms with van der Waals surface area (Å²) < 4.78 is 23.3. The number of nitrogens with two attached hydrogens (primary N) is 1. The molecular formula is C17H25ClN6O2S2. The highest BCUT2D eigenvalue weighted by Crippen LogP contribution is 2.45. The number of aromatic amines is 1. The fourth-order valence-electron chi connectivity index (χ4n) is 3.00. The number of halogens is 1. The third-order valence-electron chi connectivity index (χ3n) is 4.78. The van der Waals surface area contributed by atoms with Crippen LogP contribution in [0.25, 0.3) is 10.7 Å². The van der Waals surface area contributed by atoms with Crippen molar-refractivity contribution in [1.82, 2.24) is 20.2 Å². The maximum absolute atomic E-state index is 11.6. The third kappa shape index (κ3) is 3.52.